The number of ether oxygens (including phenoxy) is 1. The number of anilines is 2. The van der Waals surface area contributed by atoms with E-state index in [-0.39, 0.29) is 0 Å². The molecule has 0 amide bonds. The molecule has 0 bridgehead atoms. The van der Waals surface area contributed by atoms with Gasteiger partial charge in [0.1, 0.15) is 0 Å². The Morgan fingerprint density at radius 2 is 1.91 bits per heavy atom. The highest BCUT2D eigenvalue weighted by atomic mass is 32.1. The normalized spacial score (nSPS) is 14.7. The van der Waals surface area contributed by atoms with Crippen LogP contribution in [0.2, 0.25) is 0 Å². The van der Waals surface area contributed by atoms with Crippen molar-refractivity contribution >= 4 is 28.7 Å². The van der Waals surface area contributed by atoms with Crippen molar-refractivity contribution in [2.75, 3.05) is 43.1 Å². The van der Waals surface area contributed by atoms with Gasteiger partial charge in [-0.3, -0.25) is 0 Å². The third kappa shape index (κ3) is 5.81. The van der Waals surface area contributed by atoms with Crippen molar-refractivity contribution < 1.29 is 4.74 Å². The standard InChI is InChI=1S/C17H27N3OS/c1-2-21-14-6-11-18-17(22)19-15-7-9-16(10-8-15)20-12-4-3-5-13-20/h7-10H,2-6,11-14H2,1H3,(H2,18,19,22). The lowest BCUT2D eigenvalue weighted by atomic mass is 10.1. The van der Waals surface area contributed by atoms with E-state index in [0.717, 1.165) is 31.9 Å². The van der Waals surface area contributed by atoms with Crippen LogP contribution in [0.15, 0.2) is 24.3 Å². The van der Waals surface area contributed by atoms with E-state index in [4.69, 9.17) is 17.0 Å². The second-order valence-corrected chi connectivity index (χ2v) is 5.93. The summed E-state index contributed by atoms with van der Waals surface area (Å²) in [5.41, 5.74) is 2.34. The number of thiocarbonyl (C=S) groups is 1. The number of nitrogens with one attached hydrogen (secondary N) is 2. The minimum absolute atomic E-state index is 0.669. The SMILES string of the molecule is CCOCCCNC(=S)Nc1ccc(N2CCCCC2)cc1. The molecule has 0 atom stereocenters. The molecule has 2 N–H and O–H groups in total. The summed E-state index contributed by atoms with van der Waals surface area (Å²) < 4.78 is 5.30. The third-order valence-corrected chi connectivity index (χ3v) is 4.05. The summed E-state index contributed by atoms with van der Waals surface area (Å²) in [6, 6.07) is 8.53. The molecule has 0 saturated carbocycles. The first kappa shape index (κ1) is 17.0. The minimum atomic E-state index is 0.669. The summed E-state index contributed by atoms with van der Waals surface area (Å²) in [6.45, 7) is 6.73. The van der Waals surface area contributed by atoms with E-state index >= 15 is 0 Å². The number of rotatable bonds is 7. The first-order valence-corrected chi connectivity index (χ1v) is 8.68. The Kier molecular flexibility index (Phi) is 7.46. The van der Waals surface area contributed by atoms with Crippen LogP contribution in [0, 0.1) is 0 Å². The highest BCUT2D eigenvalue weighted by molar-refractivity contribution is 7.80. The van der Waals surface area contributed by atoms with E-state index in [2.05, 4.69) is 39.8 Å². The Morgan fingerprint density at radius 1 is 1.18 bits per heavy atom. The average molecular weight is 321 g/mol. The third-order valence-electron chi connectivity index (χ3n) is 3.80. The van der Waals surface area contributed by atoms with Gasteiger partial charge in [0.2, 0.25) is 0 Å². The average Bonchev–Trinajstić information content (AvgIpc) is 2.56. The molecule has 22 heavy (non-hydrogen) atoms. The first-order valence-electron chi connectivity index (χ1n) is 8.27. The maximum atomic E-state index is 5.30. The number of benzene rings is 1. The van der Waals surface area contributed by atoms with Crippen molar-refractivity contribution in [1.29, 1.82) is 0 Å². The van der Waals surface area contributed by atoms with Gasteiger partial charge in [-0.15, -0.1) is 0 Å². The van der Waals surface area contributed by atoms with Crippen LogP contribution in [-0.2, 0) is 4.74 Å². The van der Waals surface area contributed by atoms with Crippen molar-refractivity contribution in [2.45, 2.75) is 32.6 Å². The van der Waals surface area contributed by atoms with E-state index in [1.165, 1.54) is 38.0 Å². The molecule has 5 heteroatoms. The molecule has 1 heterocycles. The van der Waals surface area contributed by atoms with Crippen molar-refractivity contribution in [1.82, 2.24) is 5.32 Å². The van der Waals surface area contributed by atoms with Gasteiger partial charge < -0.3 is 20.3 Å². The van der Waals surface area contributed by atoms with E-state index in [1.54, 1.807) is 0 Å². The Morgan fingerprint density at radius 3 is 2.59 bits per heavy atom. The lowest BCUT2D eigenvalue weighted by Crippen LogP contribution is -2.30. The molecule has 2 rings (SSSR count). The Labute approximate surface area is 139 Å². The van der Waals surface area contributed by atoms with Gasteiger partial charge in [-0.05, 0) is 69.1 Å². The molecule has 1 aromatic rings. The molecule has 0 radical (unpaired) electrons. The van der Waals surface area contributed by atoms with E-state index in [1.807, 2.05) is 6.92 Å². The first-order chi connectivity index (χ1) is 10.8. The monoisotopic (exact) mass is 321 g/mol. The molecular formula is C17H27N3OS. The summed E-state index contributed by atoms with van der Waals surface area (Å²) in [4.78, 5) is 2.46. The summed E-state index contributed by atoms with van der Waals surface area (Å²) in [5, 5.41) is 7.09. The number of piperidine rings is 1. The zero-order valence-electron chi connectivity index (χ0n) is 13.4. The fourth-order valence-corrected chi connectivity index (χ4v) is 2.82. The van der Waals surface area contributed by atoms with Crippen molar-refractivity contribution in [3.8, 4) is 0 Å². The summed E-state index contributed by atoms with van der Waals surface area (Å²) in [6.07, 6.45) is 4.93. The van der Waals surface area contributed by atoms with Gasteiger partial charge in [0, 0.05) is 44.2 Å². The zero-order valence-corrected chi connectivity index (χ0v) is 14.3. The second kappa shape index (κ2) is 9.64. The minimum Gasteiger partial charge on any atom is -0.382 e. The largest absolute Gasteiger partial charge is 0.382 e. The predicted octanol–water partition coefficient (Wildman–Crippen LogP) is 3.39. The van der Waals surface area contributed by atoms with Crippen LogP contribution < -0.4 is 15.5 Å². The zero-order chi connectivity index (χ0) is 15.6. The summed E-state index contributed by atoms with van der Waals surface area (Å²) in [5.74, 6) is 0. The molecule has 1 aromatic carbocycles. The van der Waals surface area contributed by atoms with E-state index in [0.29, 0.717) is 5.11 Å². The van der Waals surface area contributed by atoms with Crippen molar-refractivity contribution in [3.05, 3.63) is 24.3 Å². The molecule has 0 aromatic heterocycles. The molecule has 1 fully saturated rings. The van der Waals surface area contributed by atoms with Gasteiger partial charge in [0.15, 0.2) is 5.11 Å². The molecule has 0 aliphatic carbocycles. The molecule has 0 spiro atoms. The van der Waals surface area contributed by atoms with Gasteiger partial charge in [0.25, 0.3) is 0 Å². The predicted molar refractivity (Wildman–Crippen MR) is 97.8 cm³/mol. The lowest BCUT2D eigenvalue weighted by Gasteiger charge is -2.28. The molecule has 1 aliphatic rings. The summed E-state index contributed by atoms with van der Waals surface area (Å²) >= 11 is 5.30. The number of hydrogen-bond donors (Lipinski definition) is 2. The highest BCUT2D eigenvalue weighted by Crippen LogP contribution is 2.21. The molecule has 1 saturated heterocycles. The van der Waals surface area contributed by atoms with Crippen LogP contribution in [0.3, 0.4) is 0 Å². The van der Waals surface area contributed by atoms with Gasteiger partial charge in [-0.2, -0.15) is 0 Å². The maximum absolute atomic E-state index is 5.30. The number of hydrogen-bond acceptors (Lipinski definition) is 3. The van der Waals surface area contributed by atoms with Crippen LogP contribution in [0.4, 0.5) is 11.4 Å². The smallest absolute Gasteiger partial charge is 0.170 e. The van der Waals surface area contributed by atoms with Gasteiger partial charge >= 0.3 is 0 Å². The van der Waals surface area contributed by atoms with Crippen molar-refractivity contribution in [3.63, 3.8) is 0 Å². The molecular weight excluding hydrogens is 294 g/mol. The maximum Gasteiger partial charge on any atom is 0.170 e. The molecule has 1 aliphatic heterocycles. The van der Waals surface area contributed by atoms with Crippen LogP contribution in [0.25, 0.3) is 0 Å². The molecule has 122 valence electrons. The van der Waals surface area contributed by atoms with E-state index < -0.39 is 0 Å². The Balaban J connectivity index is 1.72. The topological polar surface area (TPSA) is 36.5 Å². The lowest BCUT2D eigenvalue weighted by molar-refractivity contribution is 0.146. The van der Waals surface area contributed by atoms with Crippen LogP contribution >= 0.6 is 12.2 Å². The van der Waals surface area contributed by atoms with Crippen LogP contribution in [0.1, 0.15) is 32.6 Å². The Bertz CT molecular complexity index is 444. The van der Waals surface area contributed by atoms with Gasteiger partial charge in [-0.25, -0.2) is 0 Å². The number of nitrogens with zero attached hydrogens (tertiary/aromatic N) is 1. The summed E-state index contributed by atoms with van der Waals surface area (Å²) in [7, 11) is 0. The fourth-order valence-electron chi connectivity index (χ4n) is 2.60. The Hall–Kier alpha value is -1.33. The molecule has 4 nitrogen and oxygen atoms in total. The second-order valence-electron chi connectivity index (χ2n) is 5.53. The molecule has 0 unspecified atom stereocenters. The quantitative estimate of drug-likeness (QED) is 0.595. The fraction of sp³-hybridized carbons (Fsp3) is 0.588. The van der Waals surface area contributed by atoms with Gasteiger partial charge in [0.05, 0.1) is 0 Å². The van der Waals surface area contributed by atoms with Crippen LogP contribution in [-0.4, -0.2) is 38.0 Å². The van der Waals surface area contributed by atoms with E-state index in [9.17, 15) is 0 Å². The van der Waals surface area contributed by atoms with Crippen LogP contribution in [0.5, 0.6) is 0 Å². The van der Waals surface area contributed by atoms with Crippen molar-refractivity contribution in [2.24, 2.45) is 0 Å². The highest BCUT2D eigenvalue weighted by Gasteiger charge is 2.10. The van der Waals surface area contributed by atoms with Gasteiger partial charge in [-0.1, -0.05) is 0 Å².